The maximum absolute atomic E-state index is 13.2. The van der Waals surface area contributed by atoms with Gasteiger partial charge in [0, 0.05) is 13.0 Å². The molecule has 0 radical (unpaired) electrons. The van der Waals surface area contributed by atoms with Crippen LogP contribution < -0.4 is 10.5 Å². The molecule has 1 saturated carbocycles. The van der Waals surface area contributed by atoms with Crippen LogP contribution in [-0.4, -0.2) is 18.8 Å². The van der Waals surface area contributed by atoms with Gasteiger partial charge in [-0.2, -0.15) is 0 Å². The smallest absolute Gasteiger partial charge is 0.406 e. The largest absolute Gasteiger partial charge is 0.573 e. The van der Waals surface area contributed by atoms with Gasteiger partial charge in [0.05, 0.1) is 5.41 Å². The lowest BCUT2D eigenvalue weighted by Gasteiger charge is -2.15. The first kappa shape index (κ1) is 13.1. The molecule has 1 aliphatic rings. The highest BCUT2D eigenvalue weighted by atomic mass is 19.4. The second-order valence-corrected chi connectivity index (χ2v) is 4.24. The molecule has 1 aliphatic carbocycles. The Balaban J connectivity index is 2.19. The summed E-state index contributed by atoms with van der Waals surface area (Å²) < 4.78 is 65.8. The van der Waals surface area contributed by atoms with Crippen LogP contribution in [0, 0.1) is 0 Å². The Labute approximate surface area is 99.5 Å². The van der Waals surface area contributed by atoms with Crippen LogP contribution in [0.25, 0.3) is 0 Å². The fourth-order valence-electron chi connectivity index (χ4n) is 1.96. The topological polar surface area (TPSA) is 35.2 Å². The molecule has 0 aliphatic heterocycles. The van der Waals surface area contributed by atoms with Gasteiger partial charge in [0.1, 0.15) is 5.75 Å². The lowest BCUT2D eigenvalue weighted by atomic mass is 9.95. The molecule has 1 fully saturated rings. The first-order chi connectivity index (χ1) is 8.20. The van der Waals surface area contributed by atoms with Crippen molar-refractivity contribution >= 4 is 0 Å². The summed E-state index contributed by atoms with van der Waals surface area (Å²) in [6, 6.07) is 4.40. The predicted octanol–water partition coefficient (Wildman–Crippen LogP) is 2.82. The Kier molecular flexibility index (Phi) is 2.77. The number of hydrogen-bond acceptors (Lipinski definition) is 2. The Morgan fingerprint density at radius 2 is 1.67 bits per heavy atom. The number of benzene rings is 1. The molecule has 7 heteroatoms. The van der Waals surface area contributed by atoms with E-state index in [1.165, 1.54) is 12.1 Å². The molecule has 1 aromatic rings. The highest BCUT2D eigenvalue weighted by Gasteiger charge is 2.71. The van der Waals surface area contributed by atoms with E-state index in [9.17, 15) is 22.0 Å². The number of rotatable bonds is 3. The summed E-state index contributed by atoms with van der Waals surface area (Å²) >= 11 is 0. The molecular weight excluding hydrogens is 257 g/mol. The minimum Gasteiger partial charge on any atom is -0.406 e. The van der Waals surface area contributed by atoms with E-state index in [1.54, 1.807) is 0 Å². The Morgan fingerprint density at radius 1 is 1.17 bits per heavy atom. The maximum Gasteiger partial charge on any atom is 0.573 e. The molecule has 0 spiro atoms. The number of alkyl halides is 5. The molecule has 18 heavy (non-hydrogen) atoms. The number of ether oxygens (including phenoxy) is 1. The van der Waals surface area contributed by atoms with Crippen LogP contribution in [0.5, 0.6) is 5.75 Å². The van der Waals surface area contributed by atoms with Crippen LogP contribution in [0.1, 0.15) is 12.0 Å². The van der Waals surface area contributed by atoms with E-state index < -0.39 is 23.4 Å². The summed E-state index contributed by atoms with van der Waals surface area (Å²) in [6.45, 7) is -0.251. The molecule has 2 nitrogen and oxygen atoms in total. The third-order valence-corrected chi connectivity index (χ3v) is 3.09. The predicted molar refractivity (Wildman–Crippen MR) is 53.4 cm³/mol. The number of nitrogens with two attached hydrogens (primary N) is 1. The van der Waals surface area contributed by atoms with Crippen LogP contribution in [0.15, 0.2) is 24.3 Å². The van der Waals surface area contributed by atoms with Gasteiger partial charge in [-0.1, -0.05) is 12.1 Å². The third-order valence-electron chi connectivity index (χ3n) is 3.09. The van der Waals surface area contributed by atoms with Crippen LogP contribution >= 0.6 is 0 Å². The average Bonchev–Trinajstić information content (AvgIpc) is 2.81. The zero-order chi connectivity index (χ0) is 13.6. The third kappa shape index (κ3) is 2.14. The van der Waals surface area contributed by atoms with Gasteiger partial charge < -0.3 is 10.5 Å². The van der Waals surface area contributed by atoms with Crippen molar-refractivity contribution in [2.24, 2.45) is 5.73 Å². The summed E-state index contributed by atoms with van der Waals surface area (Å²) in [4.78, 5) is 0. The minimum absolute atomic E-state index is 0.226. The summed E-state index contributed by atoms with van der Waals surface area (Å²) in [6.07, 6.45) is -5.17. The molecule has 0 aromatic heterocycles. The van der Waals surface area contributed by atoms with Crippen LogP contribution in [0.4, 0.5) is 22.0 Å². The summed E-state index contributed by atoms with van der Waals surface area (Å²) in [5.74, 6) is -3.34. The average molecular weight is 267 g/mol. The molecule has 2 rings (SSSR count). The van der Waals surface area contributed by atoms with Crippen molar-refractivity contribution in [2.45, 2.75) is 24.1 Å². The molecule has 0 bridgehead atoms. The Bertz CT molecular complexity index is 442. The van der Waals surface area contributed by atoms with E-state index in [4.69, 9.17) is 5.73 Å². The normalized spacial score (nSPS) is 25.9. The van der Waals surface area contributed by atoms with Crippen LogP contribution in [0.3, 0.4) is 0 Å². The second-order valence-electron chi connectivity index (χ2n) is 4.24. The molecule has 0 amide bonds. The quantitative estimate of drug-likeness (QED) is 0.855. The molecule has 100 valence electrons. The first-order valence-corrected chi connectivity index (χ1v) is 5.14. The van der Waals surface area contributed by atoms with Gasteiger partial charge in [0.25, 0.3) is 5.92 Å². The van der Waals surface area contributed by atoms with Crippen molar-refractivity contribution in [3.05, 3.63) is 29.8 Å². The zero-order valence-corrected chi connectivity index (χ0v) is 9.10. The minimum atomic E-state index is -4.80. The molecule has 0 saturated heterocycles. The van der Waals surface area contributed by atoms with Crippen LogP contribution in [0.2, 0.25) is 0 Å². The molecule has 2 N–H and O–H groups in total. The van der Waals surface area contributed by atoms with Gasteiger partial charge in [-0.3, -0.25) is 0 Å². The van der Waals surface area contributed by atoms with Gasteiger partial charge in [0.2, 0.25) is 0 Å². The van der Waals surface area contributed by atoms with Crippen molar-refractivity contribution in [2.75, 3.05) is 6.54 Å². The Morgan fingerprint density at radius 3 is 2.00 bits per heavy atom. The van der Waals surface area contributed by atoms with Crippen molar-refractivity contribution in [1.82, 2.24) is 0 Å². The van der Waals surface area contributed by atoms with Crippen molar-refractivity contribution in [1.29, 1.82) is 0 Å². The van der Waals surface area contributed by atoms with E-state index in [1.807, 2.05) is 0 Å². The van der Waals surface area contributed by atoms with E-state index in [2.05, 4.69) is 4.74 Å². The van der Waals surface area contributed by atoms with E-state index in [0.29, 0.717) is 0 Å². The molecule has 1 unspecified atom stereocenters. The van der Waals surface area contributed by atoms with Gasteiger partial charge in [-0.05, 0) is 17.7 Å². The fourth-order valence-corrected chi connectivity index (χ4v) is 1.96. The number of halogens is 5. The molecule has 0 heterocycles. The van der Waals surface area contributed by atoms with Gasteiger partial charge in [-0.25, -0.2) is 8.78 Å². The van der Waals surface area contributed by atoms with Crippen molar-refractivity contribution in [3.63, 3.8) is 0 Å². The van der Waals surface area contributed by atoms with Gasteiger partial charge in [-0.15, -0.1) is 13.2 Å². The van der Waals surface area contributed by atoms with Crippen molar-refractivity contribution in [3.8, 4) is 5.75 Å². The lowest BCUT2D eigenvalue weighted by Crippen LogP contribution is -2.26. The van der Waals surface area contributed by atoms with Crippen LogP contribution in [-0.2, 0) is 5.41 Å². The number of hydrogen-bond donors (Lipinski definition) is 1. The first-order valence-electron chi connectivity index (χ1n) is 5.14. The molecule has 1 aromatic carbocycles. The maximum atomic E-state index is 13.2. The second kappa shape index (κ2) is 3.81. The SMILES string of the molecule is NCC1(c2ccc(OC(F)(F)F)cc2)CC1(F)F. The lowest BCUT2D eigenvalue weighted by molar-refractivity contribution is -0.274. The monoisotopic (exact) mass is 267 g/mol. The Hall–Kier alpha value is -1.37. The van der Waals surface area contributed by atoms with Gasteiger partial charge in [0.15, 0.2) is 0 Å². The van der Waals surface area contributed by atoms with Crippen molar-refractivity contribution < 1.29 is 26.7 Å². The standard InChI is InChI=1S/C11H10F5NO/c12-10(13)5-9(10,6-17)7-1-3-8(4-2-7)18-11(14,15)16/h1-4H,5-6,17H2. The summed E-state index contributed by atoms with van der Waals surface area (Å²) in [5.41, 5.74) is 4.11. The molecular formula is C11H10F5NO. The summed E-state index contributed by atoms with van der Waals surface area (Å²) in [7, 11) is 0. The fraction of sp³-hybridized carbons (Fsp3) is 0.455. The van der Waals surface area contributed by atoms with Gasteiger partial charge >= 0.3 is 6.36 Å². The highest BCUT2D eigenvalue weighted by molar-refractivity contribution is 5.41. The van der Waals surface area contributed by atoms with E-state index in [0.717, 1.165) is 12.1 Å². The zero-order valence-electron chi connectivity index (χ0n) is 9.10. The van der Waals surface area contributed by atoms with E-state index >= 15 is 0 Å². The molecule has 1 atom stereocenters. The highest BCUT2D eigenvalue weighted by Crippen LogP contribution is 2.60. The van der Waals surface area contributed by atoms with E-state index in [-0.39, 0.29) is 18.5 Å². The summed E-state index contributed by atoms with van der Waals surface area (Å²) in [5, 5.41) is 0.